The Morgan fingerprint density at radius 3 is 2.73 bits per heavy atom. The Labute approximate surface area is 154 Å². The van der Waals surface area contributed by atoms with E-state index in [1.807, 2.05) is 18.7 Å². The average molecular weight is 363 g/mol. The van der Waals surface area contributed by atoms with E-state index in [4.69, 9.17) is 4.74 Å². The molecular formula is C18H29N5O3. The van der Waals surface area contributed by atoms with Crippen LogP contribution in [0.15, 0.2) is 12.4 Å². The van der Waals surface area contributed by atoms with Crippen LogP contribution in [0.4, 0.5) is 5.69 Å². The number of hydrogen-bond donors (Lipinski definition) is 2. The number of rotatable bonds is 4. The zero-order valence-electron chi connectivity index (χ0n) is 15.8. The molecule has 2 aliphatic rings. The number of nitrogens with zero attached hydrogens (tertiary/aromatic N) is 3. The van der Waals surface area contributed by atoms with E-state index in [2.05, 4.69) is 22.7 Å². The molecule has 3 rings (SSSR count). The second-order valence-electron chi connectivity index (χ2n) is 7.55. The minimum atomic E-state index is 0.0140. The lowest BCUT2D eigenvalue weighted by atomic mass is 9.92. The highest BCUT2D eigenvalue weighted by atomic mass is 16.5. The smallest absolute Gasteiger partial charge is 0.244 e. The van der Waals surface area contributed by atoms with Gasteiger partial charge < -0.3 is 20.3 Å². The summed E-state index contributed by atoms with van der Waals surface area (Å²) < 4.78 is 7.24. The fraction of sp³-hybridized carbons (Fsp3) is 0.722. The van der Waals surface area contributed by atoms with E-state index < -0.39 is 0 Å². The second-order valence-corrected chi connectivity index (χ2v) is 7.55. The van der Waals surface area contributed by atoms with Crippen LogP contribution in [0.2, 0.25) is 0 Å². The van der Waals surface area contributed by atoms with Crippen molar-refractivity contribution in [3.63, 3.8) is 0 Å². The zero-order valence-corrected chi connectivity index (χ0v) is 15.8. The van der Waals surface area contributed by atoms with Crippen molar-refractivity contribution in [1.82, 2.24) is 20.0 Å². The number of piperidine rings is 1. The molecule has 0 aliphatic carbocycles. The Morgan fingerprint density at radius 1 is 1.31 bits per heavy atom. The van der Waals surface area contributed by atoms with Crippen LogP contribution in [0.25, 0.3) is 0 Å². The van der Waals surface area contributed by atoms with E-state index >= 15 is 0 Å². The van der Waals surface area contributed by atoms with Gasteiger partial charge in [0, 0.05) is 31.2 Å². The fourth-order valence-electron chi connectivity index (χ4n) is 3.75. The van der Waals surface area contributed by atoms with E-state index in [9.17, 15) is 9.59 Å². The number of anilines is 1. The van der Waals surface area contributed by atoms with Gasteiger partial charge >= 0.3 is 0 Å². The number of carbonyl (C=O) groups excluding carboxylic acids is 2. The summed E-state index contributed by atoms with van der Waals surface area (Å²) >= 11 is 0. The van der Waals surface area contributed by atoms with Crippen LogP contribution in [-0.2, 0) is 20.9 Å². The van der Waals surface area contributed by atoms with Gasteiger partial charge in [0.05, 0.1) is 24.1 Å². The molecule has 0 aromatic carbocycles. The third-order valence-electron chi connectivity index (χ3n) is 4.96. The van der Waals surface area contributed by atoms with Gasteiger partial charge in [0.1, 0.15) is 6.54 Å². The van der Waals surface area contributed by atoms with Crippen molar-refractivity contribution in [2.24, 2.45) is 5.92 Å². The number of hydrogen-bond acceptors (Lipinski definition) is 5. The predicted molar refractivity (Wildman–Crippen MR) is 97.6 cm³/mol. The topological polar surface area (TPSA) is 88.5 Å². The van der Waals surface area contributed by atoms with Gasteiger partial charge in [-0.3, -0.25) is 14.3 Å². The van der Waals surface area contributed by atoms with Gasteiger partial charge in [0.25, 0.3) is 0 Å². The molecule has 0 spiro atoms. The molecular weight excluding hydrogens is 334 g/mol. The summed E-state index contributed by atoms with van der Waals surface area (Å²) in [6.45, 7) is 8.27. The highest BCUT2D eigenvalue weighted by Gasteiger charge is 2.27. The fourth-order valence-corrected chi connectivity index (χ4v) is 3.75. The first-order chi connectivity index (χ1) is 12.4. The van der Waals surface area contributed by atoms with E-state index in [-0.39, 0.29) is 36.5 Å². The van der Waals surface area contributed by atoms with E-state index in [1.165, 1.54) is 0 Å². The summed E-state index contributed by atoms with van der Waals surface area (Å²) in [5.41, 5.74) is 0.637. The molecule has 2 unspecified atom stereocenters. The van der Waals surface area contributed by atoms with Crippen LogP contribution in [0.5, 0.6) is 0 Å². The van der Waals surface area contributed by atoms with Gasteiger partial charge in [-0.05, 0) is 40.2 Å². The molecule has 2 amide bonds. The zero-order chi connectivity index (χ0) is 18.7. The minimum Gasteiger partial charge on any atom is -0.372 e. The Morgan fingerprint density at radius 2 is 2.04 bits per heavy atom. The highest BCUT2D eigenvalue weighted by Crippen LogP contribution is 2.18. The van der Waals surface area contributed by atoms with E-state index in [1.54, 1.807) is 17.1 Å². The lowest BCUT2D eigenvalue weighted by Gasteiger charge is -2.35. The second kappa shape index (κ2) is 8.18. The number of nitrogens with one attached hydrogen (secondary N) is 2. The standard InChI is InChI=1S/C18H29N5O3/c1-12-6-15(4-5-19-12)18(25)21-16-7-20-23(10-16)11-17(24)22-8-13(2)26-14(3)9-22/h7,10,12-15,19H,4-6,8-9,11H2,1-3H3,(H,21,25)/t12-,13?,14?,15-/m0/s1. The summed E-state index contributed by atoms with van der Waals surface area (Å²) in [5, 5.41) is 10.5. The maximum absolute atomic E-state index is 12.5. The van der Waals surface area contributed by atoms with Gasteiger partial charge in [-0.25, -0.2) is 0 Å². The van der Waals surface area contributed by atoms with Crippen LogP contribution in [0.3, 0.4) is 0 Å². The Hall–Kier alpha value is -1.93. The van der Waals surface area contributed by atoms with Crippen LogP contribution in [0.1, 0.15) is 33.6 Å². The van der Waals surface area contributed by atoms with Gasteiger partial charge in [0.15, 0.2) is 0 Å². The summed E-state index contributed by atoms with van der Waals surface area (Å²) in [6.07, 6.45) is 5.08. The number of ether oxygens (including phenoxy) is 1. The van der Waals surface area contributed by atoms with E-state index in [0.29, 0.717) is 24.8 Å². The molecule has 1 aromatic heterocycles. The van der Waals surface area contributed by atoms with Crippen molar-refractivity contribution in [2.45, 2.75) is 58.4 Å². The SMILES string of the molecule is CC1CN(C(=O)Cn2cc(NC(=O)[C@H]3CCN[C@@H](C)C3)cn2)CC(C)O1. The molecule has 2 fully saturated rings. The van der Waals surface area contributed by atoms with E-state index in [0.717, 1.165) is 19.4 Å². The quantitative estimate of drug-likeness (QED) is 0.828. The molecule has 8 heteroatoms. The minimum absolute atomic E-state index is 0.0140. The number of carbonyl (C=O) groups is 2. The maximum atomic E-state index is 12.5. The summed E-state index contributed by atoms with van der Waals surface area (Å²) in [7, 11) is 0. The van der Waals surface area contributed by atoms with Crippen LogP contribution in [0, 0.1) is 5.92 Å². The number of amides is 2. The number of morpholine rings is 1. The number of aromatic nitrogens is 2. The molecule has 1 aromatic rings. The Balaban J connectivity index is 1.52. The average Bonchev–Trinajstić information content (AvgIpc) is 3.00. The molecule has 144 valence electrons. The molecule has 0 bridgehead atoms. The van der Waals surface area contributed by atoms with Gasteiger partial charge in [-0.15, -0.1) is 0 Å². The predicted octanol–water partition coefficient (Wildman–Crippen LogP) is 0.846. The molecule has 4 atom stereocenters. The monoisotopic (exact) mass is 363 g/mol. The van der Waals surface area contributed by atoms with Crippen molar-refractivity contribution in [2.75, 3.05) is 25.0 Å². The van der Waals surface area contributed by atoms with Gasteiger partial charge in [-0.2, -0.15) is 5.10 Å². The molecule has 3 heterocycles. The molecule has 2 saturated heterocycles. The normalized spacial score (nSPS) is 29.4. The molecule has 0 radical (unpaired) electrons. The third kappa shape index (κ3) is 4.82. The first kappa shape index (κ1) is 18.8. The van der Waals surface area contributed by atoms with Crippen molar-refractivity contribution >= 4 is 17.5 Å². The first-order valence-corrected chi connectivity index (χ1v) is 9.40. The summed E-state index contributed by atoms with van der Waals surface area (Å²) in [5.74, 6) is 0.0627. The van der Waals surface area contributed by atoms with Crippen molar-refractivity contribution in [3.8, 4) is 0 Å². The molecule has 2 N–H and O–H groups in total. The van der Waals surface area contributed by atoms with Crippen LogP contribution >= 0.6 is 0 Å². The van der Waals surface area contributed by atoms with Crippen LogP contribution in [-0.4, -0.2) is 64.4 Å². The Kier molecular flexibility index (Phi) is 5.93. The summed E-state index contributed by atoms with van der Waals surface area (Å²) in [4.78, 5) is 26.7. The molecule has 2 aliphatic heterocycles. The highest BCUT2D eigenvalue weighted by molar-refractivity contribution is 5.92. The first-order valence-electron chi connectivity index (χ1n) is 9.40. The van der Waals surface area contributed by atoms with Crippen LogP contribution < -0.4 is 10.6 Å². The third-order valence-corrected chi connectivity index (χ3v) is 4.96. The van der Waals surface area contributed by atoms with Crippen molar-refractivity contribution in [1.29, 1.82) is 0 Å². The van der Waals surface area contributed by atoms with Gasteiger partial charge in [0.2, 0.25) is 11.8 Å². The molecule has 8 nitrogen and oxygen atoms in total. The van der Waals surface area contributed by atoms with Crippen molar-refractivity contribution < 1.29 is 14.3 Å². The molecule has 0 saturated carbocycles. The maximum Gasteiger partial charge on any atom is 0.244 e. The lowest BCUT2D eigenvalue weighted by Crippen LogP contribution is -2.49. The van der Waals surface area contributed by atoms with Gasteiger partial charge in [-0.1, -0.05) is 0 Å². The van der Waals surface area contributed by atoms with Crippen molar-refractivity contribution in [3.05, 3.63) is 12.4 Å². The largest absolute Gasteiger partial charge is 0.372 e. The Bertz CT molecular complexity index is 637. The molecule has 26 heavy (non-hydrogen) atoms. The summed E-state index contributed by atoms with van der Waals surface area (Å²) in [6, 6.07) is 0.359. The lowest BCUT2D eigenvalue weighted by molar-refractivity contribution is -0.144.